The molecule has 1 nitrogen and oxygen atoms in total. The summed E-state index contributed by atoms with van der Waals surface area (Å²) in [5.74, 6) is 3.29. The van der Waals surface area contributed by atoms with Crippen molar-refractivity contribution >= 4 is 58.5 Å². The maximum Gasteiger partial charge on any atom is 0.272 e. The van der Waals surface area contributed by atoms with E-state index in [0.717, 1.165) is 4.47 Å². The Morgan fingerprint density at radius 3 is 2.93 bits per heavy atom. The number of hydrogen-bond acceptors (Lipinski definition) is 3. The molecule has 0 aliphatic carbocycles. The van der Waals surface area contributed by atoms with Crippen LogP contribution >= 0.6 is 58.5 Å². The summed E-state index contributed by atoms with van der Waals surface area (Å²) in [7, 11) is 1.37. The van der Waals surface area contributed by atoms with Crippen LogP contribution in [0.2, 0.25) is 0 Å². The van der Waals surface area contributed by atoms with E-state index in [-0.39, 0.29) is 12.4 Å². The SMILES string of the molecule is FSOc1ccc(Br)cc1C#CSI. The molecule has 0 aliphatic rings. The molecule has 0 spiro atoms. The van der Waals surface area contributed by atoms with Crippen molar-refractivity contribution in [3.63, 3.8) is 0 Å². The Morgan fingerprint density at radius 2 is 2.29 bits per heavy atom. The van der Waals surface area contributed by atoms with Crippen LogP contribution in [0.5, 0.6) is 5.75 Å². The lowest BCUT2D eigenvalue weighted by molar-refractivity contribution is 0.609. The molecule has 1 aromatic rings. The standard InChI is InChI=1S/C8H3BrFIOS2/c9-7-1-2-8(12-14-10)6(5-7)3-4-13-11/h1-2,5H. The van der Waals surface area contributed by atoms with Crippen molar-refractivity contribution in [2.24, 2.45) is 0 Å². The maximum atomic E-state index is 11.9. The van der Waals surface area contributed by atoms with Gasteiger partial charge in [0, 0.05) is 25.7 Å². The Labute approximate surface area is 111 Å². The average Bonchev–Trinajstić information content (AvgIpc) is 2.18. The minimum atomic E-state index is -0.184. The molecule has 0 atom stereocenters. The van der Waals surface area contributed by atoms with Gasteiger partial charge in [0.25, 0.3) is 12.4 Å². The minimum Gasteiger partial charge on any atom is -0.396 e. The molecule has 0 radical (unpaired) electrons. The lowest BCUT2D eigenvalue weighted by atomic mass is 10.2. The zero-order chi connectivity index (χ0) is 10.4. The van der Waals surface area contributed by atoms with E-state index in [1.54, 1.807) is 18.2 Å². The monoisotopic (exact) mass is 404 g/mol. The summed E-state index contributed by atoms with van der Waals surface area (Å²) < 4.78 is 17.5. The van der Waals surface area contributed by atoms with E-state index in [1.807, 2.05) is 0 Å². The molecule has 74 valence electrons. The summed E-state index contributed by atoms with van der Waals surface area (Å²) in [6, 6.07) is 5.22. The van der Waals surface area contributed by atoms with Crippen LogP contribution < -0.4 is 4.18 Å². The fourth-order valence-corrected chi connectivity index (χ4v) is 1.83. The van der Waals surface area contributed by atoms with Gasteiger partial charge in [-0.05, 0) is 32.4 Å². The molecule has 6 heteroatoms. The van der Waals surface area contributed by atoms with Crippen LogP contribution in [0.4, 0.5) is 3.89 Å². The van der Waals surface area contributed by atoms with Crippen LogP contribution in [0, 0.1) is 11.2 Å². The molecule has 1 rings (SSSR count). The first-order valence-electron chi connectivity index (χ1n) is 3.31. The van der Waals surface area contributed by atoms with Gasteiger partial charge in [0.05, 0.1) is 5.56 Å². The minimum absolute atomic E-state index is 0.184. The molecule has 1 aromatic carbocycles. The number of rotatable bonds is 2. The third kappa shape index (κ3) is 3.88. The second-order valence-corrected chi connectivity index (χ2v) is 4.98. The topological polar surface area (TPSA) is 9.23 Å². The van der Waals surface area contributed by atoms with Gasteiger partial charge in [-0.15, -0.1) is 3.89 Å². The lowest BCUT2D eigenvalue weighted by Gasteiger charge is -2.01. The molecule has 0 aromatic heterocycles. The van der Waals surface area contributed by atoms with E-state index < -0.39 is 0 Å². The zero-order valence-electron chi connectivity index (χ0n) is 6.59. The van der Waals surface area contributed by atoms with Crippen molar-refractivity contribution in [2.75, 3.05) is 0 Å². The Morgan fingerprint density at radius 1 is 1.50 bits per heavy atom. The number of benzene rings is 1. The summed E-state index contributed by atoms with van der Waals surface area (Å²) in [6.45, 7) is 0. The smallest absolute Gasteiger partial charge is 0.272 e. The van der Waals surface area contributed by atoms with Crippen LogP contribution in [0.1, 0.15) is 5.56 Å². The summed E-state index contributed by atoms with van der Waals surface area (Å²) in [4.78, 5) is 0. The molecular formula is C8H3BrFIOS2. The Hall–Kier alpha value is 0.420. The molecule has 0 unspecified atom stereocenters. The van der Waals surface area contributed by atoms with Crippen molar-refractivity contribution in [3.8, 4) is 16.9 Å². The molecule has 0 saturated heterocycles. The zero-order valence-corrected chi connectivity index (χ0v) is 12.0. The van der Waals surface area contributed by atoms with Gasteiger partial charge in [-0.3, -0.25) is 0 Å². The summed E-state index contributed by atoms with van der Waals surface area (Å²) in [5.41, 5.74) is 0.661. The van der Waals surface area contributed by atoms with E-state index in [0.29, 0.717) is 11.3 Å². The molecule has 0 N–H and O–H groups in total. The molecule has 0 fully saturated rings. The third-order valence-corrected chi connectivity index (χ3v) is 2.86. The van der Waals surface area contributed by atoms with Gasteiger partial charge in [-0.25, -0.2) is 0 Å². The van der Waals surface area contributed by atoms with Gasteiger partial charge in [-0.1, -0.05) is 21.9 Å². The predicted octanol–water partition coefficient (Wildman–Crippen LogP) is 4.75. The van der Waals surface area contributed by atoms with Crippen LogP contribution in [0.15, 0.2) is 22.7 Å². The Kier molecular flexibility index (Phi) is 6.09. The van der Waals surface area contributed by atoms with Crippen LogP contribution in [-0.4, -0.2) is 0 Å². The van der Waals surface area contributed by atoms with Crippen LogP contribution in [0.25, 0.3) is 0 Å². The third-order valence-electron chi connectivity index (χ3n) is 1.29. The van der Waals surface area contributed by atoms with E-state index in [2.05, 4.69) is 48.3 Å². The van der Waals surface area contributed by atoms with Crippen molar-refractivity contribution in [3.05, 3.63) is 28.2 Å². The highest BCUT2D eigenvalue weighted by Crippen LogP contribution is 2.26. The summed E-state index contributed by atoms with van der Waals surface area (Å²) in [6.07, 6.45) is 0. The largest absolute Gasteiger partial charge is 0.396 e. The van der Waals surface area contributed by atoms with Gasteiger partial charge in [0.2, 0.25) is 0 Å². The lowest BCUT2D eigenvalue weighted by Crippen LogP contribution is -1.83. The van der Waals surface area contributed by atoms with Gasteiger partial charge in [0.1, 0.15) is 0 Å². The molecule has 0 heterocycles. The Balaban J connectivity index is 3.02. The summed E-state index contributed by atoms with van der Waals surface area (Å²) in [5, 5.41) is 2.81. The van der Waals surface area contributed by atoms with Crippen molar-refractivity contribution < 1.29 is 8.07 Å². The molecule has 0 amide bonds. The van der Waals surface area contributed by atoms with E-state index in [4.69, 9.17) is 4.18 Å². The van der Waals surface area contributed by atoms with Crippen molar-refractivity contribution in [1.29, 1.82) is 0 Å². The van der Waals surface area contributed by atoms with E-state index >= 15 is 0 Å². The van der Waals surface area contributed by atoms with Gasteiger partial charge in [0.15, 0.2) is 5.75 Å². The Bertz CT molecular complexity index is 377. The van der Waals surface area contributed by atoms with E-state index in [1.165, 1.54) is 8.93 Å². The molecule has 0 saturated carbocycles. The van der Waals surface area contributed by atoms with Crippen molar-refractivity contribution in [1.82, 2.24) is 0 Å². The predicted molar refractivity (Wildman–Crippen MR) is 72.0 cm³/mol. The number of hydrogen-bond donors (Lipinski definition) is 0. The first-order chi connectivity index (χ1) is 6.77. The fourth-order valence-electron chi connectivity index (χ4n) is 0.781. The molecule has 0 bridgehead atoms. The first kappa shape index (κ1) is 12.5. The molecule has 0 aliphatic heterocycles. The average molecular weight is 405 g/mol. The fraction of sp³-hybridized carbons (Fsp3) is 0. The quantitative estimate of drug-likeness (QED) is 0.399. The first-order valence-corrected chi connectivity index (χ1v) is 8.10. The highest BCUT2D eigenvalue weighted by atomic mass is 127. The molecular weight excluding hydrogens is 402 g/mol. The normalized spacial score (nSPS) is 9.07. The number of halogens is 3. The van der Waals surface area contributed by atoms with Crippen LogP contribution in [0.3, 0.4) is 0 Å². The van der Waals surface area contributed by atoms with E-state index in [9.17, 15) is 3.89 Å². The molecule has 14 heavy (non-hydrogen) atoms. The van der Waals surface area contributed by atoms with Crippen molar-refractivity contribution in [2.45, 2.75) is 0 Å². The highest BCUT2D eigenvalue weighted by molar-refractivity contribution is 14.2. The maximum absolute atomic E-state index is 11.9. The summed E-state index contributed by atoms with van der Waals surface area (Å²) >= 11 is 5.19. The van der Waals surface area contributed by atoms with Gasteiger partial charge in [-0.2, -0.15) is 0 Å². The second kappa shape index (κ2) is 6.82. The second-order valence-electron chi connectivity index (χ2n) is 2.09. The van der Waals surface area contributed by atoms with Gasteiger partial charge >= 0.3 is 0 Å². The highest BCUT2D eigenvalue weighted by Gasteiger charge is 2.02. The van der Waals surface area contributed by atoms with Gasteiger partial charge < -0.3 is 4.18 Å². The van der Waals surface area contributed by atoms with Crippen LogP contribution in [-0.2, 0) is 0 Å².